The molecule has 19 heavy (non-hydrogen) atoms. The largest absolute Gasteiger partial charge is 0.390 e. The molecule has 0 radical (unpaired) electrons. The van der Waals surface area contributed by atoms with Gasteiger partial charge in [0, 0.05) is 39.3 Å². The standard InChI is InChI=1S/C13H28N4O2/c1-2-3-6-17(11-13(14)19)10-12(18)9-16-7-4-15-5-8-16/h12,15,18H,2-11H2,1H3,(H2,14,19). The SMILES string of the molecule is CCCCN(CC(N)=O)CC(O)CN1CCNCC1. The van der Waals surface area contributed by atoms with Crippen LogP contribution in [0.15, 0.2) is 0 Å². The molecule has 6 nitrogen and oxygen atoms in total. The third-order valence-electron chi connectivity index (χ3n) is 3.35. The van der Waals surface area contributed by atoms with Crippen molar-refractivity contribution in [3.63, 3.8) is 0 Å². The number of unbranched alkanes of at least 4 members (excludes halogenated alkanes) is 1. The molecule has 1 fully saturated rings. The van der Waals surface area contributed by atoms with Crippen molar-refractivity contribution >= 4 is 5.91 Å². The molecule has 1 saturated heterocycles. The lowest BCUT2D eigenvalue weighted by Crippen LogP contribution is -2.49. The van der Waals surface area contributed by atoms with Crippen molar-refractivity contribution < 1.29 is 9.90 Å². The topological polar surface area (TPSA) is 81.8 Å². The maximum absolute atomic E-state index is 11.0. The van der Waals surface area contributed by atoms with Crippen LogP contribution in [0, 0.1) is 0 Å². The summed E-state index contributed by atoms with van der Waals surface area (Å²) in [6.07, 6.45) is 1.67. The predicted molar refractivity (Wildman–Crippen MR) is 75.9 cm³/mol. The summed E-state index contributed by atoms with van der Waals surface area (Å²) < 4.78 is 0. The quantitative estimate of drug-likeness (QED) is 0.493. The van der Waals surface area contributed by atoms with E-state index < -0.39 is 6.10 Å². The molecule has 6 heteroatoms. The van der Waals surface area contributed by atoms with Crippen LogP contribution in [0.25, 0.3) is 0 Å². The van der Waals surface area contributed by atoms with Gasteiger partial charge in [-0.05, 0) is 13.0 Å². The fourth-order valence-corrected chi connectivity index (χ4v) is 2.38. The van der Waals surface area contributed by atoms with E-state index in [9.17, 15) is 9.90 Å². The Balaban J connectivity index is 2.31. The number of carbonyl (C=O) groups excluding carboxylic acids is 1. The number of nitrogens with two attached hydrogens (primary N) is 1. The first-order valence-corrected chi connectivity index (χ1v) is 7.23. The summed E-state index contributed by atoms with van der Waals surface area (Å²) in [6, 6.07) is 0. The Hall–Kier alpha value is -0.690. The Bertz CT molecular complexity index is 257. The second kappa shape index (κ2) is 9.25. The number of piperazine rings is 1. The normalized spacial score (nSPS) is 18.7. The van der Waals surface area contributed by atoms with Crippen LogP contribution in [0.1, 0.15) is 19.8 Å². The van der Waals surface area contributed by atoms with Crippen molar-refractivity contribution in [1.29, 1.82) is 0 Å². The molecule has 1 aliphatic rings. The number of aliphatic hydroxyl groups excluding tert-OH is 1. The molecule has 0 aromatic rings. The predicted octanol–water partition coefficient (Wildman–Crippen LogP) is -1.16. The van der Waals surface area contributed by atoms with E-state index in [1.54, 1.807) is 0 Å². The Labute approximate surface area is 115 Å². The Kier molecular flexibility index (Phi) is 7.97. The molecule has 0 aromatic heterocycles. The molecule has 112 valence electrons. The molecule has 1 unspecified atom stereocenters. The van der Waals surface area contributed by atoms with E-state index in [0.29, 0.717) is 13.1 Å². The van der Waals surface area contributed by atoms with E-state index in [4.69, 9.17) is 5.73 Å². The summed E-state index contributed by atoms with van der Waals surface area (Å²) in [5.74, 6) is -0.328. The number of carbonyl (C=O) groups is 1. The number of hydrogen-bond donors (Lipinski definition) is 3. The molecule has 1 aliphatic heterocycles. The molecule has 0 aromatic carbocycles. The third-order valence-corrected chi connectivity index (χ3v) is 3.35. The van der Waals surface area contributed by atoms with Gasteiger partial charge in [0.15, 0.2) is 0 Å². The van der Waals surface area contributed by atoms with Gasteiger partial charge in [0.05, 0.1) is 12.6 Å². The van der Waals surface area contributed by atoms with Crippen LogP contribution in [0.4, 0.5) is 0 Å². The molecule has 1 amide bonds. The van der Waals surface area contributed by atoms with E-state index >= 15 is 0 Å². The van der Waals surface area contributed by atoms with Crippen LogP contribution >= 0.6 is 0 Å². The van der Waals surface area contributed by atoms with Crippen molar-refractivity contribution in [2.75, 3.05) is 52.4 Å². The second-order valence-electron chi connectivity index (χ2n) is 5.26. The summed E-state index contributed by atoms with van der Waals surface area (Å²) >= 11 is 0. The first kappa shape index (κ1) is 16.4. The van der Waals surface area contributed by atoms with E-state index in [-0.39, 0.29) is 12.5 Å². The molecule has 0 saturated carbocycles. The van der Waals surface area contributed by atoms with E-state index in [1.807, 2.05) is 4.90 Å². The van der Waals surface area contributed by atoms with Gasteiger partial charge in [0.25, 0.3) is 0 Å². The molecule has 0 bridgehead atoms. The molecular weight excluding hydrogens is 244 g/mol. The van der Waals surface area contributed by atoms with Crippen LogP contribution in [0.2, 0.25) is 0 Å². The fourth-order valence-electron chi connectivity index (χ4n) is 2.38. The molecule has 1 heterocycles. The fraction of sp³-hybridized carbons (Fsp3) is 0.923. The lowest BCUT2D eigenvalue weighted by molar-refractivity contribution is -0.119. The van der Waals surface area contributed by atoms with Gasteiger partial charge < -0.3 is 16.2 Å². The first-order chi connectivity index (χ1) is 9.11. The van der Waals surface area contributed by atoms with Crippen molar-refractivity contribution in [3.05, 3.63) is 0 Å². The van der Waals surface area contributed by atoms with Gasteiger partial charge in [-0.15, -0.1) is 0 Å². The van der Waals surface area contributed by atoms with Gasteiger partial charge in [-0.3, -0.25) is 14.6 Å². The van der Waals surface area contributed by atoms with Crippen LogP contribution in [0.3, 0.4) is 0 Å². The lowest BCUT2D eigenvalue weighted by Gasteiger charge is -2.31. The minimum atomic E-state index is -0.422. The van der Waals surface area contributed by atoms with Gasteiger partial charge in [0.2, 0.25) is 5.91 Å². The van der Waals surface area contributed by atoms with Crippen LogP contribution in [0.5, 0.6) is 0 Å². The Morgan fingerprint density at radius 1 is 1.47 bits per heavy atom. The zero-order valence-electron chi connectivity index (χ0n) is 12.0. The van der Waals surface area contributed by atoms with E-state index in [0.717, 1.165) is 45.6 Å². The highest BCUT2D eigenvalue weighted by Crippen LogP contribution is 2.01. The number of amides is 1. The monoisotopic (exact) mass is 272 g/mol. The minimum absolute atomic E-state index is 0.235. The summed E-state index contributed by atoms with van der Waals surface area (Å²) in [5, 5.41) is 13.4. The van der Waals surface area contributed by atoms with Crippen molar-refractivity contribution in [2.24, 2.45) is 5.73 Å². The maximum atomic E-state index is 11.0. The number of primary amides is 1. The molecule has 0 aliphatic carbocycles. The Morgan fingerprint density at radius 3 is 2.74 bits per heavy atom. The summed E-state index contributed by atoms with van der Waals surface area (Å²) in [7, 11) is 0. The first-order valence-electron chi connectivity index (χ1n) is 7.23. The highest BCUT2D eigenvalue weighted by Gasteiger charge is 2.17. The molecule has 0 spiro atoms. The van der Waals surface area contributed by atoms with Crippen LogP contribution in [-0.2, 0) is 4.79 Å². The van der Waals surface area contributed by atoms with Gasteiger partial charge in [-0.25, -0.2) is 0 Å². The molecule has 1 rings (SSSR count). The van der Waals surface area contributed by atoms with Gasteiger partial charge in [0.1, 0.15) is 0 Å². The van der Waals surface area contributed by atoms with Crippen molar-refractivity contribution in [2.45, 2.75) is 25.9 Å². The average Bonchev–Trinajstić information content (AvgIpc) is 2.36. The molecule has 4 N–H and O–H groups in total. The number of β-amino-alcohol motifs (C(OH)–C–C–N with tert-alkyl or cyclic N) is 1. The lowest BCUT2D eigenvalue weighted by atomic mass is 10.2. The van der Waals surface area contributed by atoms with E-state index in [2.05, 4.69) is 17.1 Å². The van der Waals surface area contributed by atoms with Gasteiger partial charge >= 0.3 is 0 Å². The maximum Gasteiger partial charge on any atom is 0.231 e. The molecule has 1 atom stereocenters. The average molecular weight is 272 g/mol. The zero-order chi connectivity index (χ0) is 14.1. The second-order valence-corrected chi connectivity index (χ2v) is 5.26. The number of nitrogens with one attached hydrogen (secondary N) is 1. The highest BCUT2D eigenvalue weighted by atomic mass is 16.3. The zero-order valence-corrected chi connectivity index (χ0v) is 12.0. The van der Waals surface area contributed by atoms with Gasteiger partial charge in [-0.1, -0.05) is 13.3 Å². The highest BCUT2D eigenvalue weighted by molar-refractivity contribution is 5.75. The minimum Gasteiger partial charge on any atom is -0.390 e. The summed E-state index contributed by atoms with van der Waals surface area (Å²) in [5.41, 5.74) is 5.24. The van der Waals surface area contributed by atoms with Crippen LogP contribution < -0.4 is 11.1 Å². The number of hydrogen-bond acceptors (Lipinski definition) is 5. The number of aliphatic hydroxyl groups is 1. The molecular formula is C13H28N4O2. The van der Waals surface area contributed by atoms with Crippen LogP contribution in [-0.4, -0.2) is 79.3 Å². The van der Waals surface area contributed by atoms with Crippen molar-refractivity contribution in [3.8, 4) is 0 Å². The number of rotatable bonds is 9. The van der Waals surface area contributed by atoms with Crippen molar-refractivity contribution in [1.82, 2.24) is 15.1 Å². The summed E-state index contributed by atoms with van der Waals surface area (Å²) in [6.45, 7) is 8.26. The van der Waals surface area contributed by atoms with Gasteiger partial charge in [-0.2, -0.15) is 0 Å². The Morgan fingerprint density at radius 2 is 2.16 bits per heavy atom. The number of nitrogens with zero attached hydrogens (tertiary/aromatic N) is 2. The third kappa shape index (κ3) is 7.47. The smallest absolute Gasteiger partial charge is 0.231 e. The van der Waals surface area contributed by atoms with E-state index in [1.165, 1.54) is 0 Å². The summed E-state index contributed by atoms with van der Waals surface area (Å²) in [4.78, 5) is 15.2.